The molecular formula is C20H17Cl2N3O5S. The van der Waals surface area contributed by atoms with Crippen LogP contribution in [0.15, 0.2) is 46.6 Å². The Kier molecular flexibility index (Phi) is 7.78. The summed E-state index contributed by atoms with van der Waals surface area (Å²) in [5.74, 6) is -0.663. The maximum Gasteiger partial charge on any atom is 0.305 e. The van der Waals surface area contributed by atoms with Crippen molar-refractivity contribution in [2.75, 3.05) is 7.11 Å². The lowest BCUT2D eigenvalue weighted by Gasteiger charge is -2.13. The van der Waals surface area contributed by atoms with E-state index in [1.807, 2.05) is 12.1 Å². The standard InChI is InChI=1S/C20H17Cl2N3O5S/c1-29-15-7-12(9-23-25-20-24-19(28)16(31-20)8-17(26)27)6-14(22)18(15)30-10-11-2-4-13(21)5-3-11/h2-7,9,16H,8,10H2,1H3,(H,26,27)(H,24,25,28)/b23-9-/t16-/m0/s1. The molecule has 162 valence electrons. The largest absolute Gasteiger partial charge is 0.493 e. The third-order valence-corrected chi connectivity index (χ3v) is 5.65. The lowest BCUT2D eigenvalue weighted by atomic mass is 10.2. The van der Waals surface area contributed by atoms with E-state index in [0.29, 0.717) is 27.1 Å². The van der Waals surface area contributed by atoms with Crippen LogP contribution in [-0.2, 0) is 16.2 Å². The van der Waals surface area contributed by atoms with E-state index in [4.69, 9.17) is 37.8 Å². The highest BCUT2D eigenvalue weighted by molar-refractivity contribution is 8.15. The van der Waals surface area contributed by atoms with Crippen LogP contribution in [0.2, 0.25) is 10.0 Å². The van der Waals surface area contributed by atoms with Gasteiger partial charge in [0.05, 0.1) is 24.8 Å². The van der Waals surface area contributed by atoms with Crippen LogP contribution in [-0.4, -0.2) is 40.7 Å². The number of aliphatic carboxylic acids is 1. The monoisotopic (exact) mass is 481 g/mol. The number of nitrogens with zero attached hydrogens (tertiary/aromatic N) is 2. The molecule has 0 aliphatic carbocycles. The van der Waals surface area contributed by atoms with E-state index in [1.165, 1.54) is 13.3 Å². The van der Waals surface area contributed by atoms with Crippen molar-refractivity contribution in [2.24, 2.45) is 10.2 Å². The summed E-state index contributed by atoms with van der Waals surface area (Å²) >= 11 is 13.3. The van der Waals surface area contributed by atoms with Gasteiger partial charge in [-0.3, -0.25) is 9.59 Å². The molecule has 0 bridgehead atoms. The smallest absolute Gasteiger partial charge is 0.305 e. The zero-order chi connectivity index (χ0) is 22.4. The summed E-state index contributed by atoms with van der Waals surface area (Å²) in [7, 11) is 1.50. The van der Waals surface area contributed by atoms with Crippen LogP contribution in [0, 0.1) is 0 Å². The molecule has 8 nitrogen and oxygen atoms in total. The number of ether oxygens (including phenoxy) is 2. The molecule has 3 rings (SSSR count). The lowest BCUT2D eigenvalue weighted by Crippen LogP contribution is -2.26. The Bertz CT molecular complexity index is 1040. The fraction of sp³-hybridized carbons (Fsp3) is 0.200. The number of nitrogens with one attached hydrogen (secondary N) is 1. The Balaban J connectivity index is 1.68. The number of thioether (sulfide) groups is 1. The number of hydrogen-bond donors (Lipinski definition) is 2. The summed E-state index contributed by atoms with van der Waals surface area (Å²) < 4.78 is 11.2. The number of hydrogen-bond acceptors (Lipinski definition) is 7. The van der Waals surface area contributed by atoms with Crippen molar-refractivity contribution in [2.45, 2.75) is 18.3 Å². The minimum Gasteiger partial charge on any atom is -0.493 e. The van der Waals surface area contributed by atoms with Gasteiger partial charge < -0.3 is 19.9 Å². The summed E-state index contributed by atoms with van der Waals surface area (Å²) in [4.78, 5) is 22.5. The van der Waals surface area contributed by atoms with E-state index in [9.17, 15) is 9.59 Å². The van der Waals surface area contributed by atoms with Gasteiger partial charge >= 0.3 is 5.97 Å². The topological polar surface area (TPSA) is 110 Å². The number of carboxylic acids is 1. The summed E-state index contributed by atoms with van der Waals surface area (Å²) in [6, 6.07) is 10.6. The number of carbonyl (C=O) groups excluding carboxylic acids is 1. The van der Waals surface area contributed by atoms with Gasteiger partial charge in [0.15, 0.2) is 16.7 Å². The molecule has 1 aliphatic rings. The van der Waals surface area contributed by atoms with E-state index in [0.717, 1.165) is 17.3 Å². The predicted molar refractivity (Wildman–Crippen MR) is 121 cm³/mol. The number of benzene rings is 2. The number of methoxy groups -OCH3 is 1. The van der Waals surface area contributed by atoms with Gasteiger partial charge in [-0.2, -0.15) is 5.10 Å². The SMILES string of the molecule is COc1cc(/C=N\N=C2\NC(=O)[C@H](CC(=O)O)S2)cc(Cl)c1OCc1ccc(Cl)cc1. The molecule has 1 fully saturated rings. The third-order valence-electron chi connectivity index (χ3n) is 4.04. The van der Waals surface area contributed by atoms with Crippen molar-refractivity contribution in [1.29, 1.82) is 0 Å². The first-order valence-corrected chi connectivity index (χ1v) is 10.5. The van der Waals surface area contributed by atoms with Crippen LogP contribution in [0.3, 0.4) is 0 Å². The lowest BCUT2D eigenvalue weighted by molar-refractivity contribution is -0.138. The van der Waals surface area contributed by atoms with Gasteiger partial charge in [-0.05, 0) is 29.8 Å². The number of amides is 1. The Hall–Kier alpha value is -2.75. The molecule has 0 aromatic heterocycles. The molecule has 2 aromatic carbocycles. The Morgan fingerprint density at radius 2 is 2.03 bits per heavy atom. The van der Waals surface area contributed by atoms with Crippen LogP contribution < -0.4 is 14.8 Å². The molecule has 1 heterocycles. The van der Waals surface area contributed by atoms with E-state index < -0.39 is 17.1 Å². The minimum atomic E-state index is -1.06. The van der Waals surface area contributed by atoms with Crippen molar-refractivity contribution in [3.8, 4) is 11.5 Å². The normalized spacial score (nSPS) is 17.2. The predicted octanol–water partition coefficient (Wildman–Crippen LogP) is 3.98. The maximum absolute atomic E-state index is 11.7. The van der Waals surface area contributed by atoms with Gasteiger partial charge in [0.25, 0.3) is 0 Å². The molecule has 1 aliphatic heterocycles. The van der Waals surface area contributed by atoms with Crippen molar-refractivity contribution >= 4 is 58.2 Å². The van der Waals surface area contributed by atoms with Crippen molar-refractivity contribution in [3.05, 3.63) is 57.6 Å². The molecule has 0 saturated carbocycles. The van der Waals surface area contributed by atoms with Crippen molar-refractivity contribution in [1.82, 2.24) is 5.32 Å². The van der Waals surface area contributed by atoms with Crippen LogP contribution in [0.5, 0.6) is 11.5 Å². The van der Waals surface area contributed by atoms with Crippen molar-refractivity contribution < 1.29 is 24.2 Å². The maximum atomic E-state index is 11.7. The van der Waals surface area contributed by atoms with Crippen LogP contribution in [0.1, 0.15) is 17.5 Å². The highest BCUT2D eigenvalue weighted by atomic mass is 35.5. The third kappa shape index (κ3) is 6.36. The first-order chi connectivity index (χ1) is 14.9. The van der Waals surface area contributed by atoms with Gasteiger partial charge in [-0.1, -0.05) is 47.1 Å². The summed E-state index contributed by atoms with van der Waals surface area (Å²) in [6.07, 6.45) is 1.14. The van der Waals surface area contributed by atoms with E-state index in [1.54, 1.807) is 24.3 Å². The molecule has 1 atom stereocenters. The number of rotatable bonds is 8. The van der Waals surface area contributed by atoms with Gasteiger partial charge in [-0.25, -0.2) is 0 Å². The number of carboxylic acid groups (broad SMARTS) is 1. The fourth-order valence-corrected chi connectivity index (χ4v) is 3.90. The van der Waals surface area contributed by atoms with Crippen LogP contribution >= 0.6 is 35.0 Å². The van der Waals surface area contributed by atoms with E-state index in [-0.39, 0.29) is 18.2 Å². The van der Waals surface area contributed by atoms with Gasteiger partial charge in [0.2, 0.25) is 5.91 Å². The zero-order valence-electron chi connectivity index (χ0n) is 16.2. The van der Waals surface area contributed by atoms with Gasteiger partial charge in [-0.15, -0.1) is 5.10 Å². The fourth-order valence-electron chi connectivity index (χ4n) is 2.58. The summed E-state index contributed by atoms with van der Waals surface area (Å²) in [6.45, 7) is 0.281. The molecule has 1 saturated heterocycles. The molecule has 31 heavy (non-hydrogen) atoms. The number of carbonyl (C=O) groups is 2. The minimum absolute atomic E-state index is 0.230. The molecule has 0 unspecified atom stereocenters. The quantitative estimate of drug-likeness (QED) is 0.435. The molecule has 2 N–H and O–H groups in total. The molecule has 0 spiro atoms. The Morgan fingerprint density at radius 1 is 1.29 bits per heavy atom. The Morgan fingerprint density at radius 3 is 2.71 bits per heavy atom. The first kappa shape index (κ1) is 22.9. The van der Waals surface area contributed by atoms with Gasteiger partial charge in [0.1, 0.15) is 11.9 Å². The van der Waals surface area contributed by atoms with E-state index >= 15 is 0 Å². The van der Waals surface area contributed by atoms with Crippen LogP contribution in [0.4, 0.5) is 0 Å². The highest BCUT2D eigenvalue weighted by Crippen LogP contribution is 2.36. The number of amidine groups is 1. The molecule has 0 radical (unpaired) electrons. The Labute approximate surface area is 192 Å². The molecule has 11 heteroatoms. The first-order valence-electron chi connectivity index (χ1n) is 8.91. The highest BCUT2D eigenvalue weighted by Gasteiger charge is 2.32. The molecular weight excluding hydrogens is 465 g/mol. The summed E-state index contributed by atoms with van der Waals surface area (Å²) in [5, 5.41) is 19.6. The average Bonchev–Trinajstić information content (AvgIpc) is 3.06. The zero-order valence-corrected chi connectivity index (χ0v) is 18.5. The molecule has 2 aromatic rings. The average molecular weight is 482 g/mol. The number of halogens is 2. The van der Waals surface area contributed by atoms with Gasteiger partial charge in [0, 0.05) is 10.6 Å². The van der Waals surface area contributed by atoms with Crippen LogP contribution in [0.25, 0.3) is 0 Å². The second-order valence-corrected chi connectivity index (χ2v) is 8.33. The molecule has 1 amide bonds. The van der Waals surface area contributed by atoms with E-state index in [2.05, 4.69) is 15.5 Å². The second kappa shape index (κ2) is 10.5. The van der Waals surface area contributed by atoms with Crippen molar-refractivity contribution in [3.63, 3.8) is 0 Å². The summed E-state index contributed by atoms with van der Waals surface area (Å²) in [5.41, 5.74) is 1.52. The second-order valence-electron chi connectivity index (χ2n) is 6.29.